The van der Waals surface area contributed by atoms with E-state index in [4.69, 9.17) is 5.73 Å². The van der Waals surface area contributed by atoms with E-state index in [2.05, 4.69) is 22.0 Å². The Kier molecular flexibility index (Phi) is 3.64. The molecule has 0 atom stereocenters. The predicted molar refractivity (Wildman–Crippen MR) is 84.2 cm³/mol. The van der Waals surface area contributed by atoms with Gasteiger partial charge >= 0.3 is 0 Å². The lowest BCUT2D eigenvalue weighted by molar-refractivity contribution is 0.438. The van der Waals surface area contributed by atoms with Crippen molar-refractivity contribution in [2.45, 2.75) is 19.8 Å². The number of piperidine rings is 1. The molecule has 21 heavy (non-hydrogen) atoms. The summed E-state index contributed by atoms with van der Waals surface area (Å²) in [7, 11) is 0. The molecule has 2 heterocycles. The van der Waals surface area contributed by atoms with Gasteiger partial charge in [0.2, 0.25) is 0 Å². The average Bonchev–Trinajstić information content (AvgIpc) is 2.50. The van der Waals surface area contributed by atoms with Crippen molar-refractivity contribution in [1.82, 2.24) is 10.2 Å². The fourth-order valence-electron chi connectivity index (χ4n) is 2.72. The minimum absolute atomic E-state index is 0.204. The lowest BCUT2D eigenvalue weighted by atomic mass is 9.99. The third-order valence-corrected chi connectivity index (χ3v) is 4.11. The van der Waals surface area contributed by atoms with Gasteiger partial charge in [0.25, 0.3) is 0 Å². The molecular weight excluding hydrogens is 264 g/mol. The van der Waals surface area contributed by atoms with Crippen LogP contribution in [0.25, 0.3) is 11.3 Å². The monoisotopic (exact) mass is 284 g/mol. The molecule has 5 heteroatoms. The summed E-state index contributed by atoms with van der Waals surface area (Å²) < 4.78 is 0. The molecule has 0 amide bonds. The molecular formula is C16H20N4O. The standard InChI is InChI=1S/C16H20N4O/c1-11-6-8-20(9-7-11)14-10-13(18-19-16(14)17)12-4-2-3-5-15(12)21/h2-5,10-11,21H,6-9H2,1H3,(H2,17,19). The Balaban J connectivity index is 1.95. The highest BCUT2D eigenvalue weighted by molar-refractivity contribution is 5.73. The Morgan fingerprint density at radius 1 is 1.19 bits per heavy atom. The second-order valence-corrected chi connectivity index (χ2v) is 5.69. The summed E-state index contributed by atoms with van der Waals surface area (Å²) in [4.78, 5) is 2.26. The molecule has 1 aliphatic heterocycles. The van der Waals surface area contributed by atoms with E-state index in [1.165, 1.54) is 0 Å². The summed E-state index contributed by atoms with van der Waals surface area (Å²) in [5, 5.41) is 18.1. The lowest BCUT2D eigenvalue weighted by Crippen LogP contribution is -2.33. The van der Waals surface area contributed by atoms with Crippen LogP contribution in [0.4, 0.5) is 11.5 Å². The molecule has 1 aliphatic rings. The normalized spacial score (nSPS) is 16.1. The highest BCUT2D eigenvalue weighted by atomic mass is 16.3. The molecule has 1 saturated heterocycles. The van der Waals surface area contributed by atoms with Crippen molar-refractivity contribution in [1.29, 1.82) is 0 Å². The molecule has 5 nitrogen and oxygen atoms in total. The zero-order valence-corrected chi connectivity index (χ0v) is 12.2. The van der Waals surface area contributed by atoms with Crippen LogP contribution in [0.2, 0.25) is 0 Å². The maximum absolute atomic E-state index is 9.96. The van der Waals surface area contributed by atoms with Gasteiger partial charge in [0, 0.05) is 18.7 Å². The Labute approximate surface area is 124 Å². The van der Waals surface area contributed by atoms with E-state index < -0.39 is 0 Å². The molecule has 0 unspecified atom stereocenters. The number of hydrogen-bond donors (Lipinski definition) is 2. The number of benzene rings is 1. The Hall–Kier alpha value is -2.30. The summed E-state index contributed by atoms with van der Waals surface area (Å²) in [6.45, 7) is 4.24. The van der Waals surface area contributed by atoms with E-state index in [1.807, 2.05) is 18.2 Å². The Morgan fingerprint density at radius 3 is 2.62 bits per heavy atom. The average molecular weight is 284 g/mol. The van der Waals surface area contributed by atoms with E-state index >= 15 is 0 Å². The topological polar surface area (TPSA) is 75.3 Å². The second-order valence-electron chi connectivity index (χ2n) is 5.69. The number of anilines is 2. The van der Waals surface area contributed by atoms with Crippen LogP contribution in [0, 0.1) is 5.92 Å². The van der Waals surface area contributed by atoms with Gasteiger partial charge in [-0.25, -0.2) is 0 Å². The molecule has 110 valence electrons. The van der Waals surface area contributed by atoms with Gasteiger partial charge in [-0.2, -0.15) is 0 Å². The minimum atomic E-state index is 0.204. The van der Waals surface area contributed by atoms with Crippen molar-refractivity contribution in [3.05, 3.63) is 30.3 Å². The van der Waals surface area contributed by atoms with E-state index in [0.29, 0.717) is 17.1 Å². The van der Waals surface area contributed by atoms with Crippen LogP contribution < -0.4 is 10.6 Å². The molecule has 0 spiro atoms. The maximum Gasteiger partial charge on any atom is 0.169 e. The SMILES string of the molecule is CC1CCN(c2cc(-c3ccccc3O)nnc2N)CC1. The quantitative estimate of drug-likeness (QED) is 0.886. The van der Waals surface area contributed by atoms with Crippen LogP contribution in [0.5, 0.6) is 5.75 Å². The summed E-state index contributed by atoms with van der Waals surface area (Å²) in [5.74, 6) is 1.41. The Morgan fingerprint density at radius 2 is 1.90 bits per heavy atom. The largest absolute Gasteiger partial charge is 0.507 e. The first kappa shape index (κ1) is 13.7. The van der Waals surface area contributed by atoms with Crippen LogP contribution in [-0.4, -0.2) is 28.4 Å². The number of phenols is 1. The summed E-state index contributed by atoms with van der Waals surface area (Å²) in [5.41, 5.74) is 8.23. The fraction of sp³-hybridized carbons (Fsp3) is 0.375. The van der Waals surface area contributed by atoms with Crippen molar-refractivity contribution in [2.75, 3.05) is 23.7 Å². The molecule has 1 aromatic carbocycles. The summed E-state index contributed by atoms with van der Waals surface area (Å²) in [6.07, 6.45) is 2.32. The molecule has 3 N–H and O–H groups in total. The number of nitrogens with two attached hydrogens (primary N) is 1. The third-order valence-electron chi connectivity index (χ3n) is 4.11. The molecule has 2 aromatic rings. The van der Waals surface area contributed by atoms with E-state index in [1.54, 1.807) is 12.1 Å². The number of hydrogen-bond acceptors (Lipinski definition) is 5. The van der Waals surface area contributed by atoms with Crippen LogP contribution in [-0.2, 0) is 0 Å². The third kappa shape index (κ3) is 2.77. The van der Waals surface area contributed by atoms with Gasteiger partial charge in [-0.1, -0.05) is 19.1 Å². The smallest absolute Gasteiger partial charge is 0.169 e. The zero-order valence-electron chi connectivity index (χ0n) is 12.2. The molecule has 0 saturated carbocycles. The number of para-hydroxylation sites is 1. The molecule has 3 rings (SSSR count). The second kappa shape index (κ2) is 5.60. The van der Waals surface area contributed by atoms with Gasteiger partial charge in [0.15, 0.2) is 5.82 Å². The molecule has 1 fully saturated rings. The first-order chi connectivity index (χ1) is 10.1. The summed E-state index contributed by atoms with van der Waals surface area (Å²) in [6, 6.07) is 9.06. The van der Waals surface area contributed by atoms with Crippen molar-refractivity contribution in [3.63, 3.8) is 0 Å². The highest BCUT2D eigenvalue weighted by Crippen LogP contribution is 2.32. The number of rotatable bonds is 2. The van der Waals surface area contributed by atoms with Crippen molar-refractivity contribution in [3.8, 4) is 17.0 Å². The number of aromatic hydroxyl groups is 1. The van der Waals surface area contributed by atoms with E-state index in [-0.39, 0.29) is 5.75 Å². The van der Waals surface area contributed by atoms with Crippen LogP contribution in [0.15, 0.2) is 30.3 Å². The molecule has 0 aliphatic carbocycles. The van der Waals surface area contributed by atoms with Gasteiger partial charge in [0.1, 0.15) is 5.75 Å². The number of nitrogens with zero attached hydrogens (tertiary/aromatic N) is 3. The van der Waals surface area contributed by atoms with Crippen molar-refractivity contribution < 1.29 is 5.11 Å². The van der Waals surface area contributed by atoms with Gasteiger partial charge in [0.05, 0.1) is 11.4 Å². The fourth-order valence-corrected chi connectivity index (χ4v) is 2.72. The van der Waals surface area contributed by atoms with Gasteiger partial charge in [-0.05, 0) is 37.0 Å². The van der Waals surface area contributed by atoms with E-state index in [9.17, 15) is 5.11 Å². The minimum Gasteiger partial charge on any atom is -0.507 e. The van der Waals surface area contributed by atoms with Crippen LogP contribution in [0.3, 0.4) is 0 Å². The first-order valence-corrected chi connectivity index (χ1v) is 7.31. The van der Waals surface area contributed by atoms with Crippen LogP contribution >= 0.6 is 0 Å². The number of phenolic OH excluding ortho intramolecular Hbond substituents is 1. The summed E-state index contributed by atoms with van der Waals surface area (Å²) >= 11 is 0. The molecule has 0 radical (unpaired) electrons. The maximum atomic E-state index is 9.96. The lowest BCUT2D eigenvalue weighted by Gasteiger charge is -2.32. The van der Waals surface area contributed by atoms with Gasteiger partial charge in [-0.15, -0.1) is 10.2 Å². The molecule has 1 aromatic heterocycles. The van der Waals surface area contributed by atoms with Gasteiger partial charge in [-0.3, -0.25) is 0 Å². The van der Waals surface area contributed by atoms with Gasteiger partial charge < -0.3 is 15.7 Å². The predicted octanol–water partition coefficient (Wildman–Crippen LogP) is 2.67. The number of aromatic nitrogens is 2. The molecule has 0 bridgehead atoms. The Bertz CT molecular complexity index is 636. The van der Waals surface area contributed by atoms with E-state index in [0.717, 1.165) is 37.5 Å². The first-order valence-electron chi connectivity index (χ1n) is 7.31. The van der Waals surface area contributed by atoms with Crippen LogP contribution in [0.1, 0.15) is 19.8 Å². The van der Waals surface area contributed by atoms with Crippen molar-refractivity contribution >= 4 is 11.5 Å². The highest BCUT2D eigenvalue weighted by Gasteiger charge is 2.19. The van der Waals surface area contributed by atoms with Crippen molar-refractivity contribution in [2.24, 2.45) is 5.92 Å². The zero-order chi connectivity index (χ0) is 14.8. The number of nitrogen functional groups attached to an aromatic ring is 1.